The number of hydrogen-bond donors (Lipinski definition) is 1. The SMILES string of the molecule is CC1NC2(C3CCCC3)C3C=CC=NC3CCC2N1C. The van der Waals surface area contributed by atoms with Crippen molar-refractivity contribution in [2.24, 2.45) is 16.8 Å². The summed E-state index contributed by atoms with van der Waals surface area (Å²) in [5.41, 5.74) is 0.280. The molecule has 0 bridgehead atoms. The van der Waals surface area contributed by atoms with Crippen LogP contribution in [0.3, 0.4) is 0 Å². The molecule has 2 aliphatic heterocycles. The second kappa shape index (κ2) is 4.67. The lowest BCUT2D eigenvalue weighted by atomic mass is 9.60. The number of aliphatic imine (C=N–C) groups is 1. The molecule has 2 aliphatic carbocycles. The first-order chi connectivity index (χ1) is 9.73. The number of fused-ring (bicyclic) bond motifs is 3. The van der Waals surface area contributed by atoms with E-state index in [1.165, 1.54) is 38.5 Å². The van der Waals surface area contributed by atoms with Gasteiger partial charge in [0.2, 0.25) is 0 Å². The van der Waals surface area contributed by atoms with Crippen LogP contribution in [-0.2, 0) is 0 Å². The Morgan fingerprint density at radius 1 is 1.20 bits per heavy atom. The molecule has 110 valence electrons. The highest BCUT2D eigenvalue weighted by atomic mass is 15.4. The molecular weight excluding hydrogens is 246 g/mol. The Morgan fingerprint density at radius 3 is 2.80 bits per heavy atom. The number of rotatable bonds is 1. The van der Waals surface area contributed by atoms with Crippen molar-refractivity contribution in [1.29, 1.82) is 0 Å². The Hall–Kier alpha value is -0.670. The minimum Gasteiger partial charge on any atom is -0.294 e. The van der Waals surface area contributed by atoms with E-state index in [-0.39, 0.29) is 5.54 Å². The Bertz CT molecular complexity index is 438. The number of hydrogen-bond acceptors (Lipinski definition) is 3. The highest BCUT2D eigenvalue weighted by Crippen LogP contribution is 2.51. The average molecular weight is 273 g/mol. The molecule has 0 aromatic rings. The number of nitrogens with zero attached hydrogens (tertiary/aromatic N) is 2. The van der Waals surface area contributed by atoms with Gasteiger partial charge >= 0.3 is 0 Å². The summed E-state index contributed by atoms with van der Waals surface area (Å²) in [6.07, 6.45) is 15.4. The highest BCUT2D eigenvalue weighted by molar-refractivity contribution is 5.72. The van der Waals surface area contributed by atoms with Crippen molar-refractivity contribution in [2.75, 3.05) is 7.05 Å². The van der Waals surface area contributed by atoms with Crippen molar-refractivity contribution >= 4 is 6.21 Å². The van der Waals surface area contributed by atoms with Crippen LogP contribution in [0, 0.1) is 11.8 Å². The van der Waals surface area contributed by atoms with Crippen LogP contribution < -0.4 is 5.32 Å². The van der Waals surface area contributed by atoms with Gasteiger partial charge in [-0.15, -0.1) is 0 Å². The second-order valence-electron chi connectivity index (χ2n) is 7.27. The molecule has 3 heteroatoms. The second-order valence-corrected chi connectivity index (χ2v) is 7.27. The van der Waals surface area contributed by atoms with Gasteiger partial charge < -0.3 is 0 Å². The van der Waals surface area contributed by atoms with Gasteiger partial charge in [-0.25, -0.2) is 0 Å². The van der Waals surface area contributed by atoms with E-state index >= 15 is 0 Å². The summed E-state index contributed by atoms with van der Waals surface area (Å²) in [7, 11) is 2.31. The summed E-state index contributed by atoms with van der Waals surface area (Å²) in [4.78, 5) is 7.41. The monoisotopic (exact) mass is 273 g/mol. The molecule has 2 heterocycles. The number of likely N-dealkylation sites (N-methyl/N-ethyl adjacent to an activating group) is 1. The topological polar surface area (TPSA) is 27.6 Å². The minimum atomic E-state index is 0.280. The molecule has 0 aromatic carbocycles. The van der Waals surface area contributed by atoms with E-state index < -0.39 is 0 Å². The fourth-order valence-electron chi connectivity index (χ4n) is 5.60. The normalized spacial score (nSPS) is 48.5. The Kier molecular flexibility index (Phi) is 3.04. The first kappa shape index (κ1) is 13.0. The van der Waals surface area contributed by atoms with Crippen LogP contribution in [-0.4, -0.2) is 42.0 Å². The van der Waals surface area contributed by atoms with Crippen molar-refractivity contribution in [1.82, 2.24) is 10.2 Å². The van der Waals surface area contributed by atoms with E-state index in [9.17, 15) is 0 Å². The predicted molar refractivity (Wildman–Crippen MR) is 83.0 cm³/mol. The molecule has 2 saturated carbocycles. The molecule has 0 radical (unpaired) electrons. The fraction of sp³-hybridized carbons (Fsp3) is 0.824. The van der Waals surface area contributed by atoms with Crippen LogP contribution in [0.5, 0.6) is 0 Å². The zero-order valence-corrected chi connectivity index (χ0v) is 12.8. The molecule has 1 saturated heterocycles. The maximum atomic E-state index is 4.81. The minimum absolute atomic E-state index is 0.280. The largest absolute Gasteiger partial charge is 0.294 e. The summed E-state index contributed by atoms with van der Waals surface area (Å²) in [6, 6.07) is 1.21. The van der Waals surface area contributed by atoms with E-state index in [1.54, 1.807) is 0 Å². The van der Waals surface area contributed by atoms with Crippen molar-refractivity contribution in [3.8, 4) is 0 Å². The predicted octanol–water partition coefficient (Wildman–Crippen LogP) is 2.58. The van der Waals surface area contributed by atoms with Gasteiger partial charge in [0.15, 0.2) is 0 Å². The van der Waals surface area contributed by atoms with Crippen LogP contribution >= 0.6 is 0 Å². The van der Waals surface area contributed by atoms with E-state index in [4.69, 9.17) is 4.99 Å². The van der Waals surface area contributed by atoms with Crippen LogP contribution in [0.1, 0.15) is 45.4 Å². The molecular formula is C17H27N3. The quantitative estimate of drug-likeness (QED) is 0.795. The standard InChI is InChI=1S/C17H27N3/c1-12-19-17(13-6-3-4-7-13)14-8-5-11-18-15(14)9-10-16(17)20(12)2/h5,8,11-16,19H,3-4,6-7,9-10H2,1-2H3. The summed E-state index contributed by atoms with van der Waals surface area (Å²) >= 11 is 0. The zero-order chi connectivity index (χ0) is 13.7. The van der Waals surface area contributed by atoms with Gasteiger partial charge in [-0.1, -0.05) is 18.9 Å². The van der Waals surface area contributed by atoms with E-state index in [1.807, 2.05) is 6.21 Å². The fourth-order valence-corrected chi connectivity index (χ4v) is 5.60. The summed E-state index contributed by atoms with van der Waals surface area (Å²) in [5, 5.41) is 4.06. The van der Waals surface area contributed by atoms with Gasteiger partial charge in [0.05, 0.1) is 12.2 Å². The molecule has 0 amide bonds. The van der Waals surface area contributed by atoms with Crippen molar-refractivity contribution in [3.63, 3.8) is 0 Å². The van der Waals surface area contributed by atoms with Gasteiger partial charge in [0.25, 0.3) is 0 Å². The third kappa shape index (κ3) is 1.62. The average Bonchev–Trinajstić information content (AvgIpc) is 3.08. The van der Waals surface area contributed by atoms with Gasteiger partial charge in [-0.05, 0) is 51.6 Å². The maximum absolute atomic E-state index is 4.81. The Labute approximate surface area is 122 Å². The summed E-state index contributed by atoms with van der Waals surface area (Å²) in [6.45, 7) is 2.33. The van der Waals surface area contributed by atoms with Gasteiger partial charge in [-0.2, -0.15) is 0 Å². The molecule has 5 atom stereocenters. The summed E-state index contributed by atoms with van der Waals surface area (Å²) in [5.74, 6) is 1.44. The summed E-state index contributed by atoms with van der Waals surface area (Å²) < 4.78 is 0. The Balaban J connectivity index is 1.77. The van der Waals surface area contributed by atoms with Crippen molar-refractivity contribution in [2.45, 2.75) is 69.2 Å². The van der Waals surface area contributed by atoms with Crippen molar-refractivity contribution < 1.29 is 0 Å². The first-order valence-corrected chi connectivity index (χ1v) is 8.43. The maximum Gasteiger partial charge on any atom is 0.0581 e. The molecule has 0 aromatic heterocycles. The van der Waals surface area contributed by atoms with E-state index in [2.05, 4.69) is 36.3 Å². The van der Waals surface area contributed by atoms with Gasteiger partial charge in [-0.3, -0.25) is 15.2 Å². The first-order valence-electron chi connectivity index (χ1n) is 8.43. The molecule has 3 nitrogen and oxygen atoms in total. The molecule has 3 fully saturated rings. The van der Waals surface area contributed by atoms with Crippen LogP contribution in [0.15, 0.2) is 17.1 Å². The van der Waals surface area contributed by atoms with Crippen molar-refractivity contribution in [3.05, 3.63) is 12.2 Å². The number of allylic oxidation sites excluding steroid dienone is 1. The van der Waals surface area contributed by atoms with Gasteiger partial charge in [0.1, 0.15) is 0 Å². The molecule has 5 unspecified atom stereocenters. The number of nitrogens with one attached hydrogen (secondary N) is 1. The third-order valence-electron chi connectivity index (χ3n) is 6.53. The highest BCUT2D eigenvalue weighted by Gasteiger charge is 2.60. The van der Waals surface area contributed by atoms with Gasteiger partial charge in [0, 0.05) is 23.7 Å². The third-order valence-corrected chi connectivity index (χ3v) is 6.53. The smallest absolute Gasteiger partial charge is 0.0581 e. The molecule has 4 rings (SSSR count). The number of dihydropyridines is 1. The van der Waals surface area contributed by atoms with Crippen LogP contribution in [0.2, 0.25) is 0 Å². The zero-order valence-electron chi connectivity index (χ0n) is 12.8. The molecule has 1 N–H and O–H groups in total. The molecule has 0 spiro atoms. The van der Waals surface area contributed by atoms with E-state index in [0.717, 1.165) is 5.92 Å². The molecule has 20 heavy (non-hydrogen) atoms. The van der Waals surface area contributed by atoms with Crippen LogP contribution in [0.4, 0.5) is 0 Å². The van der Waals surface area contributed by atoms with E-state index in [0.29, 0.717) is 24.2 Å². The molecule has 4 aliphatic rings. The van der Waals surface area contributed by atoms with Crippen LogP contribution in [0.25, 0.3) is 0 Å². The lowest BCUT2D eigenvalue weighted by Crippen LogP contribution is -2.64. The lowest BCUT2D eigenvalue weighted by molar-refractivity contribution is 0.0660. The lowest BCUT2D eigenvalue weighted by Gasteiger charge is -2.52. The Morgan fingerprint density at radius 2 is 2.00 bits per heavy atom.